The maximum atomic E-state index is 13.2. The SMILES string of the molecule is CC(C)CN1CCN(C(=O)C(C)(C)NC(=O)CCCCc2ccc(CCc3cccc4c3c(O[C@@H]3O[C@H](CO)[C@@H](O)[C@H](O)[C@H]3O)nn4CCO)cc2)CC1. The Hall–Kier alpha value is -3.63. The third-order valence-electron chi connectivity index (χ3n) is 10.3. The van der Waals surface area contributed by atoms with Crippen molar-refractivity contribution in [3.63, 3.8) is 0 Å². The molecule has 14 nitrogen and oxygen atoms in total. The van der Waals surface area contributed by atoms with Crippen molar-refractivity contribution >= 4 is 22.7 Å². The summed E-state index contributed by atoms with van der Waals surface area (Å²) in [5.41, 5.74) is 3.00. The van der Waals surface area contributed by atoms with E-state index in [0.29, 0.717) is 50.1 Å². The number of fused-ring (bicyclic) bond motifs is 1. The molecule has 2 saturated heterocycles. The van der Waals surface area contributed by atoms with Gasteiger partial charge in [0.05, 0.1) is 30.7 Å². The molecule has 3 aromatic rings. The lowest BCUT2D eigenvalue weighted by molar-refractivity contribution is -0.278. The van der Waals surface area contributed by atoms with E-state index in [1.807, 2.05) is 23.1 Å². The Morgan fingerprint density at radius 3 is 2.26 bits per heavy atom. The number of hydrogen-bond acceptors (Lipinski definition) is 11. The predicted molar refractivity (Wildman–Crippen MR) is 203 cm³/mol. The first-order valence-corrected chi connectivity index (χ1v) is 19.3. The number of piperazine rings is 1. The second-order valence-corrected chi connectivity index (χ2v) is 15.6. The van der Waals surface area contributed by atoms with Crippen LogP contribution in [0.25, 0.3) is 10.9 Å². The summed E-state index contributed by atoms with van der Waals surface area (Å²) in [5, 5.41) is 58.5. The summed E-state index contributed by atoms with van der Waals surface area (Å²) < 4.78 is 13.2. The largest absolute Gasteiger partial charge is 0.443 e. The maximum absolute atomic E-state index is 13.2. The fourth-order valence-electron chi connectivity index (χ4n) is 7.37. The quantitative estimate of drug-likeness (QED) is 0.109. The minimum atomic E-state index is -1.59. The van der Waals surface area contributed by atoms with Crippen LogP contribution in [0.1, 0.15) is 63.6 Å². The minimum Gasteiger partial charge on any atom is -0.443 e. The van der Waals surface area contributed by atoms with Gasteiger partial charge in [-0.15, -0.1) is 5.10 Å². The van der Waals surface area contributed by atoms with Gasteiger partial charge in [0.25, 0.3) is 0 Å². The van der Waals surface area contributed by atoms with E-state index in [9.17, 15) is 35.1 Å². The van der Waals surface area contributed by atoms with Crippen molar-refractivity contribution in [1.82, 2.24) is 24.9 Å². The van der Waals surface area contributed by atoms with Crippen LogP contribution in [0.3, 0.4) is 0 Å². The molecule has 298 valence electrons. The minimum absolute atomic E-state index is 0.0320. The van der Waals surface area contributed by atoms with Crippen LogP contribution < -0.4 is 10.1 Å². The van der Waals surface area contributed by atoms with Gasteiger partial charge in [-0.25, -0.2) is 0 Å². The number of aromatic nitrogens is 2. The second-order valence-electron chi connectivity index (χ2n) is 15.6. The van der Waals surface area contributed by atoms with Crippen molar-refractivity contribution in [3.05, 3.63) is 59.2 Å². The molecule has 2 fully saturated rings. The highest BCUT2D eigenvalue weighted by Crippen LogP contribution is 2.33. The zero-order valence-corrected chi connectivity index (χ0v) is 32.1. The van der Waals surface area contributed by atoms with Crippen molar-refractivity contribution in [1.29, 1.82) is 0 Å². The Bertz CT molecular complexity index is 1670. The number of nitrogens with one attached hydrogen (secondary N) is 1. The molecular formula is C40H59N5O9. The average molecular weight is 754 g/mol. The molecule has 5 atom stereocenters. The van der Waals surface area contributed by atoms with Gasteiger partial charge in [0.15, 0.2) is 0 Å². The van der Waals surface area contributed by atoms with Crippen LogP contribution in [0.15, 0.2) is 42.5 Å². The van der Waals surface area contributed by atoms with E-state index in [0.717, 1.165) is 49.1 Å². The van der Waals surface area contributed by atoms with E-state index >= 15 is 0 Å². The molecule has 2 amide bonds. The monoisotopic (exact) mass is 753 g/mol. The Kier molecular flexibility index (Phi) is 14.5. The van der Waals surface area contributed by atoms with Gasteiger partial charge in [-0.05, 0) is 74.6 Å². The lowest BCUT2D eigenvalue weighted by Gasteiger charge is -2.39. The number of benzene rings is 2. The van der Waals surface area contributed by atoms with E-state index in [1.165, 1.54) is 5.56 Å². The number of hydrogen-bond donors (Lipinski definition) is 6. The number of nitrogens with zero attached hydrogens (tertiary/aromatic N) is 4. The summed E-state index contributed by atoms with van der Waals surface area (Å²) in [6.07, 6.45) is -3.10. The standard InChI is InChI=1S/C40H59N5O9/c1-26(2)24-43-18-20-44(21-19-43)39(52)40(3,4)41-32(48)11-6-5-8-27-12-14-28(15-13-27)16-17-29-9-7-10-30-33(29)37(42-45(30)22-23-46)54-38-36(51)35(50)34(49)31(25-47)53-38/h7,9-10,12-15,26,31,34-36,38,46-47,49-51H,5-6,8,11,16-25H2,1-4H3,(H,41,48)/t31-,34-,35+,36-,38+/m1/s1. The molecular weight excluding hydrogens is 694 g/mol. The molecule has 14 heteroatoms. The van der Waals surface area contributed by atoms with Crippen LogP contribution in [0.4, 0.5) is 0 Å². The Balaban J connectivity index is 1.11. The summed E-state index contributed by atoms with van der Waals surface area (Å²) in [6.45, 7) is 11.6. The molecule has 2 aliphatic rings. The molecule has 5 rings (SSSR count). The number of unbranched alkanes of at least 4 members (excludes halogenated alkanes) is 1. The average Bonchev–Trinajstić information content (AvgIpc) is 3.50. The van der Waals surface area contributed by atoms with E-state index in [-0.39, 0.29) is 30.8 Å². The van der Waals surface area contributed by atoms with Gasteiger partial charge in [-0.2, -0.15) is 0 Å². The third kappa shape index (κ3) is 10.4. The smallest absolute Gasteiger partial charge is 0.247 e. The number of carbonyl (C=O) groups excluding carboxylic acids is 2. The molecule has 1 aromatic heterocycles. The van der Waals surface area contributed by atoms with Crippen molar-refractivity contribution in [2.45, 2.75) is 109 Å². The fourth-order valence-corrected chi connectivity index (χ4v) is 7.37. The van der Waals surface area contributed by atoms with Crippen LogP contribution >= 0.6 is 0 Å². The molecule has 0 radical (unpaired) electrons. The molecule has 6 N–H and O–H groups in total. The molecule has 0 bridgehead atoms. The Morgan fingerprint density at radius 2 is 1.61 bits per heavy atom. The first-order valence-electron chi connectivity index (χ1n) is 19.3. The van der Waals surface area contributed by atoms with Crippen molar-refractivity contribution in [2.75, 3.05) is 45.9 Å². The van der Waals surface area contributed by atoms with Crippen LogP contribution in [0.2, 0.25) is 0 Å². The summed E-state index contributed by atoms with van der Waals surface area (Å²) in [4.78, 5) is 30.3. The molecule has 3 heterocycles. The molecule has 0 spiro atoms. The Morgan fingerprint density at radius 1 is 0.926 bits per heavy atom. The zero-order chi connectivity index (χ0) is 39.0. The molecule has 2 aliphatic heterocycles. The predicted octanol–water partition coefficient (Wildman–Crippen LogP) is 1.40. The van der Waals surface area contributed by atoms with Crippen molar-refractivity contribution in [3.8, 4) is 5.88 Å². The summed E-state index contributed by atoms with van der Waals surface area (Å²) >= 11 is 0. The number of rotatable bonds is 17. The summed E-state index contributed by atoms with van der Waals surface area (Å²) in [6, 6.07) is 14.1. The van der Waals surface area contributed by atoms with E-state index in [4.69, 9.17) is 9.47 Å². The molecule has 0 aliphatic carbocycles. The zero-order valence-electron chi connectivity index (χ0n) is 32.1. The number of aryl methyl sites for hydroxylation is 3. The highest BCUT2D eigenvalue weighted by Gasteiger charge is 2.45. The normalized spacial score (nSPS) is 22.6. The molecule has 2 aromatic carbocycles. The van der Waals surface area contributed by atoms with E-state index in [1.54, 1.807) is 18.5 Å². The summed E-state index contributed by atoms with van der Waals surface area (Å²) in [5.74, 6) is 0.595. The fraction of sp³-hybridized carbons (Fsp3) is 0.625. The van der Waals surface area contributed by atoms with Crippen molar-refractivity contribution < 1.29 is 44.6 Å². The van der Waals surface area contributed by atoms with E-state index < -0.39 is 42.9 Å². The van der Waals surface area contributed by atoms with Crippen LogP contribution in [0, 0.1) is 5.92 Å². The molecule has 0 saturated carbocycles. The lowest BCUT2D eigenvalue weighted by Crippen LogP contribution is -2.60. The number of ether oxygens (including phenoxy) is 2. The van der Waals surface area contributed by atoms with Crippen LogP contribution in [-0.4, -0.2) is 139 Å². The van der Waals surface area contributed by atoms with Gasteiger partial charge >= 0.3 is 0 Å². The highest BCUT2D eigenvalue weighted by atomic mass is 16.7. The van der Waals surface area contributed by atoms with Gasteiger partial charge < -0.3 is 45.2 Å². The number of aliphatic hydroxyl groups is 5. The van der Waals surface area contributed by atoms with Crippen LogP contribution in [-0.2, 0) is 40.1 Å². The first kappa shape index (κ1) is 41.5. The summed E-state index contributed by atoms with van der Waals surface area (Å²) in [7, 11) is 0. The molecule has 54 heavy (non-hydrogen) atoms. The van der Waals surface area contributed by atoms with Crippen LogP contribution in [0.5, 0.6) is 5.88 Å². The number of amides is 2. The van der Waals surface area contributed by atoms with Gasteiger partial charge in [0.2, 0.25) is 24.0 Å². The first-order chi connectivity index (χ1) is 25.8. The van der Waals surface area contributed by atoms with Crippen molar-refractivity contribution in [2.24, 2.45) is 5.92 Å². The number of aliphatic hydroxyl groups excluding tert-OH is 5. The van der Waals surface area contributed by atoms with Gasteiger partial charge in [-0.1, -0.05) is 50.2 Å². The van der Waals surface area contributed by atoms with Gasteiger partial charge in [0, 0.05) is 39.1 Å². The Labute approximate surface area is 317 Å². The molecule has 0 unspecified atom stereocenters. The maximum Gasteiger partial charge on any atom is 0.247 e. The second kappa shape index (κ2) is 18.8. The van der Waals surface area contributed by atoms with E-state index in [2.05, 4.69) is 53.4 Å². The highest BCUT2D eigenvalue weighted by molar-refractivity contribution is 5.91. The topological polar surface area (TPSA) is 190 Å². The number of carbonyl (C=O) groups is 2. The van der Waals surface area contributed by atoms with Gasteiger partial charge in [-0.3, -0.25) is 19.2 Å². The third-order valence-corrected chi connectivity index (χ3v) is 10.3. The lowest BCUT2D eigenvalue weighted by atomic mass is 9.99. The van der Waals surface area contributed by atoms with Gasteiger partial charge in [0.1, 0.15) is 30.0 Å².